The van der Waals surface area contributed by atoms with Gasteiger partial charge in [-0.05, 0) is 35.2 Å². The average Bonchev–Trinajstić information content (AvgIpc) is 2.60. The summed E-state index contributed by atoms with van der Waals surface area (Å²) in [5.74, 6) is 0.696. The second kappa shape index (κ2) is 7.05. The van der Waals surface area contributed by atoms with Crippen LogP contribution in [0.3, 0.4) is 0 Å². The summed E-state index contributed by atoms with van der Waals surface area (Å²) in [6.07, 6.45) is 0. The summed E-state index contributed by atoms with van der Waals surface area (Å²) in [7, 11) is 3.51. The standard InChI is InChI=1S/C20H18BrNO2/c1-22(2)20(23)17-7-3-5-15-6-4-8-18(19(15)17)24-13-14-9-11-16(21)12-10-14/h3-12H,13H2,1-2H3. The Balaban J connectivity index is 1.98. The molecule has 3 aromatic carbocycles. The van der Waals surface area contributed by atoms with Crippen molar-refractivity contribution in [1.29, 1.82) is 0 Å². The molecule has 0 unspecified atom stereocenters. The highest BCUT2D eigenvalue weighted by atomic mass is 79.9. The second-order valence-corrected chi connectivity index (χ2v) is 6.69. The van der Waals surface area contributed by atoms with E-state index in [-0.39, 0.29) is 5.91 Å². The summed E-state index contributed by atoms with van der Waals surface area (Å²) in [5.41, 5.74) is 1.73. The van der Waals surface area contributed by atoms with Gasteiger partial charge < -0.3 is 9.64 Å². The maximum Gasteiger partial charge on any atom is 0.254 e. The zero-order valence-electron chi connectivity index (χ0n) is 13.6. The first kappa shape index (κ1) is 16.5. The van der Waals surface area contributed by atoms with Gasteiger partial charge in [0.2, 0.25) is 0 Å². The quantitative estimate of drug-likeness (QED) is 0.642. The Kier molecular flexibility index (Phi) is 4.86. The summed E-state index contributed by atoms with van der Waals surface area (Å²) < 4.78 is 7.07. The van der Waals surface area contributed by atoms with E-state index in [0.29, 0.717) is 12.2 Å². The lowest BCUT2D eigenvalue weighted by atomic mass is 10.0. The number of benzene rings is 3. The fourth-order valence-corrected chi connectivity index (χ4v) is 2.85. The molecule has 3 nitrogen and oxygen atoms in total. The van der Waals surface area contributed by atoms with Crippen LogP contribution < -0.4 is 4.74 Å². The maximum absolute atomic E-state index is 12.5. The van der Waals surface area contributed by atoms with Crippen LogP contribution in [0.5, 0.6) is 5.75 Å². The maximum atomic E-state index is 12.5. The van der Waals surface area contributed by atoms with E-state index < -0.39 is 0 Å². The van der Waals surface area contributed by atoms with E-state index in [0.717, 1.165) is 26.6 Å². The second-order valence-electron chi connectivity index (χ2n) is 5.77. The highest BCUT2D eigenvalue weighted by molar-refractivity contribution is 9.10. The van der Waals surface area contributed by atoms with Gasteiger partial charge in [0.05, 0.1) is 5.56 Å². The molecule has 0 N–H and O–H groups in total. The van der Waals surface area contributed by atoms with Gasteiger partial charge in [-0.1, -0.05) is 52.3 Å². The minimum absolute atomic E-state index is 0.0275. The van der Waals surface area contributed by atoms with E-state index in [2.05, 4.69) is 15.9 Å². The molecular formula is C20H18BrNO2. The molecule has 3 aromatic rings. The summed E-state index contributed by atoms with van der Waals surface area (Å²) in [6, 6.07) is 19.6. The molecule has 4 heteroatoms. The Hall–Kier alpha value is -2.33. The van der Waals surface area contributed by atoms with Crippen LogP contribution in [0.25, 0.3) is 10.8 Å². The first-order valence-electron chi connectivity index (χ1n) is 7.67. The number of halogens is 1. The van der Waals surface area contributed by atoms with Crippen LogP contribution in [-0.2, 0) is 6.61 Å². The van der Waals surface area contributed by atoms with Gasteiger partial charge in [-0.2, -0.15) is 0 Å². The number of nitrogens with zero attached hydrogens (tertiary/aromatic N) is 1. The summed E-state index contributed by atoms with van der Waals surface area (Å²) in [6.45, 7) is 0.455. The fourth-order valence-electron chi connectivity index (χ4n) is 2.59. The van der Waals surface area contributed by atoms with Crippen molar-refractivity contribution in [3.63, 3.8) is 0 Å². The first-order chi connectivity index (χ1) is 11.6. The van der Waals surface area contributed by atoms with Crippen molar-refractivity contribution in [3.8, 4) is 5.75 Å². The zero-order valence-corrected chi connectivity index (χ0v) is 15.2. The molecular weight excluding hydrogens is 366 g/mol. The number of amides is 1. The van der Waals surface area contributed by atoms with Crippen molar-refractivity contribution in [2.75, 3.05) is 14.1 Å². The zero-order chi connectivity index (χ0) is 17.1. The molecule has 0 aliphatic rings. The average molecular weight is 384 g/mol. The van der Waals surface area contributed by atoms with E-state index in [9.17, 15) is 4.79 Å². The third-order valence-corrected chi connectivity index (χ3v) is 4.34. The normalized spacial score (nSPS) is 10.6. The molecule has 0 spiro atoms. The first-order valence-corrected chi connectivity index (χ1v) is 8.46. The van der Waals surface area contributed by atoms with Gasteiger partial charge >= 0.3 is 0 Å². The van der Waals surface area contributed by atoms with Gasteiger partial charge in [-0.15, -0.1) is 0 Å². The molecule has 0 heterocycles. The van der Waals surface area contributed by atoms with Crippen LogP contribution >= 0.6 is 15.9 Å². The predicted molar refractivity (Wildman–Crippen MR) is 100 cm³/mol. The fraction of sp³-hybridized carbons (Fsp3) is 0.150. The van der Waals surface area contributed by atoms with Crippen molar-refractivity contribution in [2.24, 2.45) is 0 Å². The Morgan fingerprint density at radius 1 is 1.00 bits per heavy atom. The summed E-state index contributed by atoms with van der Waals surface area (Å²) in [5, 5.41) is 1.85. The Bertz CT molecular complexity index is 867. The molecule has 1 amide bonds. The highest BCUT2D eigenvalue weighted by Crippen LogP contribution is 2.30. The molecule has 24 heavy (non-hydrogen) atoms. The smallest absolute Gasteiger partial charge is 0.254 e. The molecule has 0 fully saturated rings. The van der Waals surface area contributed by atoms with Crippen molar-refractivity contribution in [3.05, 3.63) is 76.3 Å². The van der Waals surface area contributed by atoms with Crippen LogP contribution in [0.2, 0.25) is 0 Å². The lowest BCUT2D eigenvalue weighted by Gasteiger charge is -2.15. The number of rotatable bonds is 4. The van der Waals surface area contributed by atoms with Gasteiger partial charge in [0.15, 0.2) is 0 Å². The van der Waals surface area contributed by atoms with Crippen LogP contribution in [-0.4, -0.2) is 24.9 Å². The molecule has 122 valence electrons. The third kappa shape index (κ3) is 3.44. The number of hydrogen-bond donors (Lipinski definition) is 0. The van der Waals surface area contributed by atoms with E-state index >= 15 is 0 Å². The van der Waals surface area contributed by atoms with Crippen molar-refractivity contribution in [1.82, 2.24) is 4.90 Å². The number of carbonyl (C=O) groups is 1. The van der Waals surface area contributed by atoms with Crippen LogP contribution in [0.4, 0.5) is 0 Å². The van der Waals surface area contributed by atoms with Gasteiger partial charge in [-0.25, -0.2) is 0 Å². The minimum atomic E-state index is -0.0275. The SMILES string of the molecule is CN(C)C(=O)c1cccc2cccc(OCc3ccc(Br)cc3)c12. The third-order valence-electron chi connectivity index (χ3n) is 3.81. The summed E-state index contributed by atoms with van der Waals surface area (Å²) in [4.78, 5) is 14.1. The number of fused-ring (bicyclic) bond motifs is 1. The molecule has 3 rings (SSSR count). The van der Waals surface area contributed by atoms with Crippen molar-refractivity contribution >= 4 is 32.6 Å². The highest BCUT2D eigenvalue weighted by Gasteiger charge is 2.15. The molecule has 0 aliphatic carbocycles. The van der Waals surface area contributed by atoms with E-state index in [1.165, 1.54) is 0 Å². The number of carbonyl (C=O) groups excluding carboxylic acids is 1. The Morgan fingerprint density at radius 2 is 1.67 bits per heavy atom. The van der Waals surface area contributed by atoms with Gasteiger partial charge in [0.1, 0.15) is 12.4 Å². The topological polar surface area (TPSA) is 29.5 Å². The molecule has 0 saturated heterocycles. The lowest BCUT2D eigenvalue weighted by molar-refractivity contribution is 0.0829. The minimum Gasteiger partial charge on any atom is -0.488 e. The van der Waals surface area contributed by atoms with Gasteiger partial charge in [0.25, 0.3) is 5.91 Å². The van der Waals surface area contributed by atoms with Crippen molar-refractivity contribution < 1.29 is 9.53 Å². The molecule has 0 atom stereocenters. The Labute approximate surface area is 150 Å². The van der Waals surface area contributed by atoms with E-state index in [1.807, 2.05) is 60.7 Å². The van der Waals surface area contributed by atoms with E-state index in [1.54, 1.807) is 19.0 Å². The van der Waals surface area contributed by atoms with Gasteiger partial charge in [0, 0.05) is 24.0 Å². The molecule has 0 radical (unpaired) electrons. The largest absolute Gasteiger partial charge is 0.488 e. The monoisotopic (exact) mass is 383 g/mol. The summed E-state index contributed by atoms with van der Waals surface area (Å²) >= 11 is 3.43. The molecule has 0 aromatic heterocycles. The molecule has 0 aliphatic heterocycles. The van der Waals surface area contributed by atoms with Crippen molar-refractivity contribution in [2.45, 2.75) is 6.61 Å². The molecule has 0 bridgehead atoms. The Morgan fingerprint density at radius 3 is 2.33 bits per heavy atom. The lowest BCUT2D eigenvalue weighted by Crippen LogP contribution is -2.22. The van der Waals surface area contributed by atoms with E-state index in [4.69, 9.17) is 4.74 Å². The van der Waals surface area contributed by atoms with Crippen LogP contribution in [0, 0.1) is 0 Å². The van der Waals surface area contributed by atoms with Gasteiger partial charge in [-0.3, -0.25) is 4.79 Å². The number of hydrogen-bond acceptors (Lipinski definition) is 2. The number of ether oxygens (including phenoxy) is 1. The predicted octanol–water partition coefficient (Wildman–Crippen LogP) is 4.88. The van der Waals surface area contributed by atoms with Crippen LogP contribution in [0.15, 0.2) is 65.1 Å². The van der Waals surface area contributed by atoms with Crippen LogP contribution in [0.1, 0.15) is 15.9 Å². The molecule has 0 saturated carbocycles.